The van der Waals surface area contributed by atoms with Crippen molar-refractivity contribution in [2.45, 2.75) is 49.9 Å². The molecule has 1 fully saturated rings. The Labute approximate surface area is 79.5 Å². The van der Waals surface area contributed by atoms with Gasteiger partial charge in [-0.1, -0.05) is 0 Å². The van der Waals surface area contributed by atoms with E-state index in [2.05, 4.69) is 17.9 Å². The van der Waals surface area contributed by atoms with E-state index in [0.717, 1.165) is 12.8 Å². The first kappa shape index (κ1) is 10.3. The van der Waals surface area contributed by atoms with Gasteiger partial charge >= 0.3 is 0 Å². The van der Waals surface area contributed by atoms with Crippen molar-refractivity contribution in [1.29, 1.82) is 0 Å². The second-order valence-electron chi connectivity index (χ2n) is 3.73. The molecule has 0 radical (unpaired) electrons. The molecule has 1 unspecified atom stereocenters. The molecule has 0 aliphatic heterocycles. The highest BCUT2D eigenvalue weighted by atomic mass is 32.1. The van der Waals surface area contributed by atoms with Crippen LogP contribution in [0, 0.1) is 0 Å². The molecule has 0 aromatic rings. The first-order valence-electron chi connectivity index (χ1n) is 4.72. The summed E-state index contributed by atoms with van der Waals surface area (Å²) in [4.78, 5) is 0. The summed E-state index contributed by atoms with van der Waals surface area (Å²) in [6.45, 7) is 1.63. The highest BCUT2D eigenvalue weighted by molar-refractivity contribution is 7.80. The van der Waals surface area contributed by atoms with Gasteiger partial charge in [-0.3, -0.25) is 0 Å². The molecule has 1 nitrogen and oxygen atoms in total. The standard InChI is InChI=1S/C9H18FNS/c1-7(6-10)11-8-2-4-9(12)5-3-8/h7-9,11-12H,2-6H2,1H3. The molecule has 12 heavy (non-hydrogen) atoms. The number of hydrogen-bond donors (Lipinski definition) is 2. The van der Waals surface area contributed by atoms with Crippen LogP contribution in [0.1, 0.15) is 32.6 Å². The summed E-state index contributed by atoms with van der Waals surface area (Å²) in [5.41, 5.74) is 0. The molecule has 1 N–H and O–H groups in total. The minimum absolute atomic E-state index is 0.0199. The second-order valence-corrected chi connectivity index (χ2v) is 4.46. The lowest BCUT2D eigenvalue weighted by Crippen LogP contribution is -2.40. The highest BCUT2D eigenvalue weighted by Gasteiger charge is 2.19. The van der Waals surface area contributed by atoms with E-state index < -0.39 is 0 Å². The minimum Gasteiger partial charge on any atom is -0.309 e. The van der Waals surface area contributed by atoms with Gasteiger partial charge < -0.3 is 5.32 Å². The van der Waals surface area contributed by atoms with Crippen LogP contribution in [-0.4, -0.2) is 24.0 Å². The fourth-order valence-corrected chi connectivity index (χ4v) is 1.99. The quantitative estimate of drug-likeness (QED) is 0.652. The van der Waals surface area contributed by atoms with Crippen molar-refractivity contribution in [1.82, 2.24) is 5.32 Å². The molecule has 1 rings (SSSR count). The van der Waals surface area contributed by atoms with Crippen molar-refractivity contribution in [2.24, 2.45) is 0 Å². The summed E-state index contributed by atoms with van der Waals surface area (Å²) in [6.07, 6.45) is 4.64. The summed E-state index contributed by atoms with van der Waals surface area (Å²) < 4.78 is 12.1. The Morgan fingerprint density at radius 3 is 2.50 bits per heavy atom. The van der Waals surface area contributed by atoms with Crippen LogP contribution in [0.15, 0.2) is 0 Å². The molecule has 0 amide bonds. The maximum atomic E-state index is 12.1. The molecule has 0 saturated heterocycles. The minimum atomic E-state index is -0.263. The number of thiol groups is 1. The van der Waals surface area contributed by atoms with Gasteiger partial charge in [0.15, 0.2) is 0 Å². The third-order valence-corrected chi connectivity index (χ3v) is 2.96. The van der Waals surface area contributed by atoms with Gasteiger partial charge in [-0.15, -0.1) is 0 Å². The van der Waals surface area contributed by atoms with Crippen LogP contribution >= 0.6 is 12.6 Å². The zero-order valence-electron chi connectivity index (χ0n) is 7.59. The molecule has 0 bridgehead atoms. The number of hydrogen-bond acceptors (Lipinski definition) is 2. The maximum Gasteiger partial charge on any atom is 0.104 e. The largest absolute Gasteiger partial charge is 0.309 e. The van der Waals surface area contributed by atoms with Crippen LogP contribution in [-0.2, 0) is 0 Å². The second kappa shape index (κ2) is 5.07. The third-order valence-electron chi connectivity index (χ3n) is 2.45. The first-order valence-corrected chi connectivity index (χ1v) is 5.24. The summed E-state index contributed by atoms with van der Waals surface area (Å²) >= 11 is 4.41. The molecule has 0 spiro atoms. The van der Waals surface area contributed by atoms with Gasteiger partial charge in [0.05, 0.1) is 0 Å². The van der Waals surface area contributed by atoms with Crippen LogP contribution in [0.4, 0.5) is 4.39 Å². The number of rotatable bonds is 3. The summed E-state index contributed by atoms with van der Waals surface area (Å²) in [5, 5.41) is 3.85. The summed E-state index contributed by atoms with van der Waals surface area (Å²) in [6, 6.07) is 0.547. The van der Waals surface area contributed by atoms with E-state index in [4.69, 9.17) is 0 Å². The van der Waals surface area contributed by atoms with Gasteiger partial charge in [0.25, 0.3) is 0 Å². The predicted molar refractivity (Wildman–Crippen MR) is 53.6 cm³/mol. The molecule has 0 aromatic heterocycles. The normalized spacial score (nSPS) is 33.2. The van der Waals surface area contributed by atoms with E-state index in [1.165, 1.54) is 12.8 Å². The van der Waals surface area contributed by atoms with Crippen LogP contribution in [0.2, 0.25) is 0 Å². The first-order chi connectivity index (χ1) is 5.72. The zero-order valence-corrected chi connectivity index (χ0v) is 8.49. The van der Waals surface area contributed by atoms with Crippen molar-refractivity contribution in [3.63, 3.8) is 0 Å². The molecular formula is C9H18FNS. The van der Waals surface area contributed by atoms with E-state index in [0.29, 0.717) is 11.3 Å². The van der Waals surface area contributed by atoms with Crippen molar-refractivity contribution in [3.8, 4) is 0 Å². The molecular weight excluding hydrogens is 173 g/mol. The third kappa shape index (κ3) is 3.31. The Morgan fingerprint density at radius 1 is 1.42 bits per heavy atom. The molecule has 3 heteroatoms. The van der Waals surface area contributed by atoms with Crippen LogP contribution in [0.5, 0.6) is 0 Å². The maximum absolute atomic E-state index is 12.1. The molecule has 72 valence electrons. The van der Waals surface area contributed by atoms with E-state index in [1.54, 1.807) is 0 Å². The lowest BCUT2D eigenvalue weighted by Gasteiger charge is -2.28. The molecule has 1 aliphatic rings. The summed E-state index contributed by atoms with van der Waals surface area (Å²) in [7, 11) is 0. The molecule has 0 heterocycles. The molecule has 0 aromatic carbocycles. The van der Waals surface area contributed by atoms with Gasteiger partial charge in [-0.05, 0) is 32.6 Å². The van der Waals surface area contributed by atoms with E-state index in [-0.39, 0.29) is 12.7 Å². The van der Waals surface area contributed by atoms with Crippen molar-refractivity contribution in [3.05, 3.63) is 0 Å². The lowest BCUT2D eigenvalue weighted by atomic mass is 9.94. The smallest absolute Gasteiger partial charge is 0.104 e. The Kier molecular flexibility index (Phi) is 4.36. The Balaban J connectivity index is 2.17. The van der Waals surface area contributed by atoms with Crippen LogP contribution in [0.25, 0.3) is 0 Å². The fraction of sp³-hybridized carbons (Fsp3) is 1.00. The Morgan fingerprint density at radius 2 is 2.00 bits per heavy atom. The number of halogens is 1. The highest BCUT2D eigenvalue weighted by Crippen LogP contribution is 2.22. The average molecular weight is 191 g/mol. The van der Waals surface area contributed by atoms with Crippen LogP contribution < -0.4 is 5.32 Å². The van der Waals surface area contributed by atoms with Gasteiger partial charge in [0.2, 0.25) is 0 Å². The van der Waals surface area contributed by atoms with E-state index in [1.807, 2.05) is 6.92 Å². The lowest BCUT2D eigenvalue weighted by molar-refractivity contribution is 0.311. The van der Waals surface area contributed by atoms with Crippen molar-refractivity contribution in [2.75, 3.05) is 6.67 Å². The van der Waals surface area contributed by atoms with Crippen molar-refractivity contribution < 1.29 is 4.39 Å². The monoisotopic (exact) mass is 191 g/mol. The van der Waals surface area contributed by atoms with Gasteiger partial charge in [0.1, 0.15) is 6.67 Å². The predicted octanol–water partition coefficient (Wildman–Crippen LogP) is 2.17. The number of alkyl halides is 1. The SMILES string of the molecule is CC(CF)NC1CCC(S)CC1. The zero-order chi connectivity index (χ0) is 8.97. The molecule has 1 saturated carbocycles. The topological polar surface area (TPSA) is 12.0 Å². The van der Waals surface area contributed by atoms with Gasteiger partial charge in [-0.25, -0.2) is 4.39 Å². The van der Waals surface area contributed by atoms with Crippen LogP contribution in [0.3, 0.4) is 0 Å². The van der Waals surface area contributed by atoms with Gasteiger partial charge in [-0.2, -0.15) is 12.6 Å². The van der Waals surface area contributed by atoms with Crippen molar-refractivity contribution >= 4 is 12.6 Å². The van der Waals surface area contributed by atoms with E-state index >= 15 is 0 Å². The fourth-order valence-electron chi connectivity index (χ4n) is 1.69. The number of nitrogens with one attached hydrogen (secondary N) is 1. The Hall–Kier alpha value is 0.240. The average Bonchev–Trinajstić information content (AvgIpc) is 2.09. The van der Waals surface area contributed by atoms with E-state index in [9.17, 15) is 4.39 Å². The summed E-state index contributed by atoms with van der Waals surface area (Å²) in [5.74, 6) is 0. The molecule has 1 atom stereocenters. The Bertz CT molecular complexity index is 124. The molecule has 1 aliphatic carbocycles. The van der Waals surface area contributed by atoms with Gasteiger partial charge in [0, 0.05) is 17.3 Å².